The Bertz CT molecular complexity index is 518. The normalized spacial score (nSPS) is 21.3. The van der Waals surface area contributed by atoms with Gasteiger partial charge < -0.3 is 20.3 Å². The first-order valence-electron chi connectivity index (χ1n) is 6.62. The van der Waals surface area contributed by atoms with E-state index in [1.807, 2.05) is 6.92 Å². The summed E-state index contributed by atoms with van der Waals surface area (Å²) >= 11 is 0. The van der Waals surface area contributed by atoms with E-state index in [4.69, 9.17) is 15.2 Å². The summed E-state index contributed by atoms with van der Waals surface area (Å²) in [6.07, 6.45) is 0.193. The molecule has 1 heterocycles. The third kappa shape index (κ3) is 2.38. The average Bonchev–Trinajstić information content (AvgIpc) is 2.39. The second-order valence-corrected chi connectivity index (χ2v) is 4.84. The third-order valence-electron chi connectivity index (χ3n) is 3.49. The zero-order valence-corrected chi connectivity index (χ0v) is 11.9. The molecule has 0 aromatic heterocycles. The summed E-state index contributed by atoms with van der Waals surface area (Å²) in [6.45, 7) is 3.98. The van der Waals surface area contributed by atoms with E-state index in [9.17, 15) is 9.90 Å². The van der Waals surface area contributed by atoms with Gasteiger partial charge in [0, 0.05) is 18.2 Å². The number of methoxy groups -OCH3 is 1. The fraction of sp³-hybridized carbons (Fsp3) is 0.500. The van der Waals surface area contributed by atoms with Crippen LogP contribution in [0.4, 0.5) is 10.5 Å². The van der Waals surface area contributed by atoms with Gasteiger partial charge >= 0.3 is 6.09 Å². The monoisotopic (exact) mass is 280 g/mol. The standard InChI is InChI=1S/C14H20N2O4/c1-4-20-14(18)16-8(2)5-10(15)9-6-12(17)13(19-3)7-11(9)16/h6-8,10,17H,4-5,15H2,1-3H3/t8-,10+/m0/s1. The molecule has 0 unspecified atom stereocenters. The van der Waals surface area contributed by atoms with Gasteiger partial charge in [0.15, 0.2) is 11.5 Å². The van der Waals surface area contributed by atoms with Crippen LogP contribution in [0.1, 0.15) is 31.9 Å². The van der Waals surface area contributed by atoms with Crippen LogP contribution in [0.2, 0.25) is 0 Å². The van der Waals surface area contributed by atoms with Gasteiger partial charge in [-0.3, -0.25) is 4.90 Å². The summed E-state index contributed by atoms with van der Waals surface area (Å²) < 4.78 is 10.2. The number of phenols is 1. The first-order chi connectivity index (χ1) is 9.49. The molecule has 0 bridgehead atoms. The summed E-state index contributed by atoms with van der Waals surface area (Å²) in [5.74, 6) is 0.319. The molecule has 110 valence electrons. The number of benzene rings is 1. The van der Waals surface area contributed by atoms with Crippen LogP contribution in [-0.2, 0) is 4.74 Å². The Labute approximate surface area is 118 Å². The van der Waals surface area contributed by atoms with E-state index in [1.165, 1.54) is 7.11 Å². The van der Waals surface area contributed by atoms with Gasteiger partial charge in [0.1, 0.15) is 0 Å². The van der Waals surface area contributed by atoms with E-state index < -0.39 is 6.09 Å². The van der Waals surface area contributed by atoms with Crippen molar-refractivity contribution in [1.82, 2.24) is 0 Å². The summed E-state index contributed by atoms with van der Waals surface area (Å²) in [5.41, 5.74) is 7.45. The number of carbonyl (C=O) groups excluding carboxylic acids is 1. The van der Waals surface area contributed by atoms with Crippen LogP contribution >= 0.6 is 0 Å². The molecule has 6 nitrogen and oxygen atoms in total. The summed E-state index contributed by atoms with van der Waals surface area (Å²) in [4.78, 5) is 13.7. The lowest BCUT2D eigenvalue weighted by molar-refractivity contribution is 0.156. The van der Waals surface area contributed by atoms with Crippen LogP contribution in [0.3, 0.4) is 0 Å². The Morgan fingerprint density at radius 2 is 2.25 bits per heavy atom. The van der Waals surface area contributed by atoms with Gasteiger partial charge in [-0.25, -0.2) is 4.79 Å². The topological polar surface area (TPSA) is 85.0 Å². The lowest BCUT2D eigenvalue weighted by Crippen LogP contribution is -2.44. The van der Waals surface area contributed by atoms with E-state index in [-0.39, 0.29) is 17.8 Å². The summed E-state index contributed by atoms with van der Waals surface area (Å²) in [7, 11) is 1.46. The molecule has 0 saturated carbocycles. The molecule has 1 amide bonds. The molecule has 2 atom stereocenters. The van der Waals surface area contributed by atoms with Crippen LogP contribution in [-0.4, -0.2) is 31.0 Å². The van der Waals surface area contributed by atoms with Crippen molar-refractivity contribution in [3.8, 4) is 11.5 Å². The second kappa shape index (κ2) is 5.58. The maximum Gasteiger partial charge on any atom is 0.414 e. The van der Waals surface area contributed by atoms with Gasteiger partial charge in [-0.2, -0.15) is 0 Å². The Kier molecular flexibility index (Phi) is 4.04. The van der Waals surface area contributed by atoms with Crippen molar-refractivity contribution < 1.29 is 19.4 Å². The molecule has 0 spiro atoms. The number of hydrogen-bond acceptors (Lipinski definition) is 5. The number of fused-ring (bicyclic) bond motifs is 1. The number of rotatable bonds is 2. The zero-order valence-electron chi connectivity index (χ0n) is 11.9. The van der Waals surface area contributed by atoms with Crippen LogP contribution in [0.15, 0.2) is 12.1 Å². The van der Waals surface area contributed by atoms with Crippen LogP contribution in [0, 0.1) is 0 Å². The third-order valence-corrected chi connectivity index (χ3v) is 3.49. The molecule has 0 radical (unpaired) electrons. The molecule has 1 aromatic rings. The highest BCUT2D eigenvalue weighted by Crippen LogP contribution is 2.42. The van der Waals surface area contributed by atoms with Crippen molar-refractivity contribution in [3.63, 3.8) is 0 Å². The van der Waals surface area contributed by atoms with Crippen molar-refractivity contribution >= 4 is 11.8 Å². The summed E-state index contributed by atoms with van der Waals surface area (Å²) in [5, 5.41) is 9.86. The van der Waals surface area contributed by atoms with E-state index in [1.54, 1.807) is 24.0 Å². The van der Waals surface area contributed by atoms with Gasteiger partial charge in [-0.05, 0) is 31.9 Å². The van der Waals surface area contributed by atoms with E-state index in [0.717, 1.165) is 5.56 Å². The molecular weight excluding hydrogens is 260 g/mol. The number of ether oxygens (including phenoxy) is 2. The number of hydrogen-bond donors (Lipinski definition) is 2. The molecule has 1 aromatic carbocycles. The minimum absolute atomic E-state index is 0.0139. The second-order valence-electron chi connectivity index (χ2n) is 4.84. The minimum atomic E-state index is -0.416. The van der Waals surface area contributed by atoms with Crippen molar-refractivity contribution in [2.75, 3.05) is 18.6 Å². The maximum absolute atomic E-state index is 12.1. The first kappa shape index (κ1) is 14.5. The number of phenolic OH excluding ortho intramolecular Hbond substituents is 1. The molecule has 20 heavy (non-hydrogen) atoms. The predicted molar refractivity (Wildman–Crippen MR) is 75.2 cm³/mol. The Morgan fingerprint density at radius 3 is 2.85 bits per heavy atom. The number of nitrogens with zero attached hydrogens (tertiary/aromatic N) is 1. The Hall–Kier alpha value is -1.95. The molecule has 0 saturated heterocycles. The predicted octanol–water partition coefficient (Wildman–Crippen LogP) is 2.16. The van der Waals surface area contributed by atoms with Crippen LogP contribution < -0.4 is 15.4 Å². The quantitative estimate of drug-likeness (QED) is 0.867. The van der Waals surface area contributed by atoms with Gasteiger partial charge in [0.2, 0.25) is 0 Å². The smallest absolute Gasteiger partial charge is 0.414 e. The fourth-order valence-electron chi connectivity index (χ4n) is 2.55. The molecule has 0 aliphatic carbocycles. The van der Waals surface area contributed by atoms with E-state index >= 15 is 0 Å². The molecule has 0 fully saturated rings. The number of amides is 1. The van der Waals surface area contributed by atoms with Crippen molar-refractivity contribution in [3.05, 3.63) is 17.7 Å². The highest BCUT2D eigenvalue weighted by atomic mass is 16.6. The molecule has 3 N–H and O–H groups in total. The number of carbonyl (C=O) groups is 1. The molecule has 1 aliphatic heterocycles. The van der Waals surface area contributed by atoms with Gasteiger partial charge in [-0.1, -0.05) is 0 Å². The Morgan fingerprint density at radius 1 is 1.55 bits per heavy atom. The van der Waals surface area contributed by atoms with Crippen molar-refractivity contribution in [1.29, 1.82) is 0 Å². The van der Waals surface area contributed by atoms with Crippen LogP contribution in [0.25, 0.3) is 0 Å². The number of nitrogens with two attached hydrogens (primary N) is 1. The zero-order chi connectivity index (χ0) is 14.9. The molecule has 2 rings (SSSR count). The summed E-state index contributed by atoms with van der Waals surface area (Å²) in [6, 6.07) is 2.86. The molecule has 6 heteroatoms. The lowest BCUT2D eigenvalue weighted by Gasteiger charge is -2.37. The van der Waals surface area contributed by atoms with E-state index in [2.05, 4.69) is 0 Å². The molecular formula is C14H20N2O4. The largest absolute Gasteiger partial charge is 0.504 e. The fourth-order valence-corrected chi connectivity index (χ4v) is 2.55. The lowest BCUT2D eigenvalue weighted by atomic mass is 9.92. The van der Waals surface area contributed by atoms with Gasteiger partial charge in [0.25, 0.3) is 0 Å². The van der Waals surface area contributed by atoms with Gasteiger partial charge in [-0.15, -0.1) is 0 Å². The Balaban J connectivity index is 2.52. The van der Waals surface area contributed by atoms with E-state index in [0.29, 0.717) is 24.5 Å². The van der Waals surface area contributed by atoms with Crippen LogP contribution in [0.5, 0.6) is 11.5 Å². The first-order valence-corrected chi connectivity index (χ1v) is 6.62. The highest BCUT2D eigenvalue weighted by molar-refractivity contribution is 5.91. The SMILES string of the molecule is CCOC(=O)N1c2cc(OC)c(O)cc2[C@H](N)C[C@@H]1C. The highest BCUT2D eigenvalue weighted by Gasteiger charge is 2.34. The van der Waals surface area contributed by atoms with Crippen molar-refractivity contribution in [2.45, 2.75) is 32.4 Å². The molecule has 1 aliphatic rings. The van der Waals surface area contributed by atoms with Crippen molar-refractivity contribution in [2.24, 2.45) is 5.73 Å². The number of aromatic hydroxyl groups is 1. The van der Waals surface area contributed by atoms with Gasteiger partial charge in [0.05, 0.1) is 19.4 Å². The average molecular weight is 280 g/mol. The number of anilines is 1. The minimum Gasteiger partial charge on any atom is -0.504 e. The maximum atomic E-state index is 12.1.